The quantitative estimate of drug-likeness (QED) is 0.578. The fourth-order valence-electron chi connectivity index (χ4n) is 3.88. The molecular weight excluding hydrogens is 414 g/mol. The summed E-state index contributed by atoms with van der Waals surface area (Å²) in [5, 5.41) is 6.69. The van der Waals surface area contributed by atoms with Crippen molar-refractivity contribution in [3.8, 4) is 11.3 Å². The molecule has 1 fully saturated rings. The molecule has 1 aromatic carbocycles. The molecule has 0 N–H and O–H groups in total. The van der Waals surface area contributed by atoms with Crippen molar-refractivity contribution in [2.24, 2.45) is 5.92 Å². The molecule has 2 aromatic heterocycles. The average Bonchev–Trinajstić information content (AvgIpc) is 3.27. The molecular formula is C23H23N3O2S2. The lowest BCUT2D eigenvalue weighted by Crippen LogP contribution is -2.36. The van der Waals surface area contributed by atoms with Gasteiger partial charge >= 0.3 is 0 Å². The Morgan fingerprint density at radius 3 is 2.87 bits per heavy atom. The van der Waals surface area contributed by atoms with Crippen LogP contribution in [0.25, 0.3) is 11.3 Å². The van der Waals surface area contributed by atoms with E-state index in [0.717, 1.165) is 54.7 Å². The van der Waals surface area contributed by atoms with E-state index in [0.29, 0.717) is 11.6 Å². The summed E-state index contributed by atoms with van der Waals surface area (Å²) in [5.41, 5.74) is 5.22. The van der Waals surface area contributed by atoms with Gasteiger partial charge in [-0.3, -0.25) is 14.5 Å². The second-order valence-corrected chi connectivity index (χ2v) is 9.60. The number of benzene rings is 1. The first kappa shape index (κ1) is 19.5. The molecule has 2 amide bonds. The molecule has 3 heterocycles. The molecule has 5 rings (SSSR count). The summed E-state index contributed by atoms with van der Waals surface area (Å²) in [7, 11) is 1.78. The van der Waals surface area contributed by atoms with Crippen molar-refractivity contribution < 1.29 is 9.59 Å². The Morgan fingerprint density at radius 2 is 2.10 bits per heavy atom. The van der Waals surface area contributed by atoms with Crippen molar-refractivity contribution in [2.75, 3.05) is 23.4 Å². The number of carbonyl (C=O) groups excluding carboxylic acids is 2. The standard InChI is InChI=1S/C23H23N3O2S2/c1-25(21(27)11-15-8-10-29-13-15)23-24-19(14-30-23)17-6-7-20-18(12-17)3-2-9-26(20)22(28)16-4-5-16/h6-8,10,12-14,16H,2-5,9,11H2,1H3. The lowest BCUT2D eigenvalue weighted by atomic mass is 9.98. The Labute approximate surface area is 184 Å². The number of hydrogen-bond acceptors (Lipinski definition) is 5. The number of thiophene rings is 1. The molecule has 0 spiro atoms. The first-order valence-corrected chi connectivity index (χ1v) is 12.1. The summed E-state index contributed by atoms with van der Waals surface area (Å²) in [6, 6.07) is 8.25. The molecule has 154 valence electrons. The summed E-state index contributed by atoms with van der Waals surface area (Å²) < 4.78 is 0. The molecule has 1 saturated carbocycles. The third-order valence-electron chi connectivity index (χ3n) is 5.78. The summed E-state index contributed by atoms with van der Waals surface area (Å²) in [6.45, 7) is 0.819. The van der Waals surface area contributed by atoms with Crippen molar-refractivity contribution in [1.82, 2.24) is 4.98 Å². The van der Waals surface area contributed by atoms with Crippen LogP contribution in [0.1, 0.15) is 30.4 Å². The van der Waals surface area contributed by atoms with Gasteiger partial charge in [-0.05, 0) is 65.8 Å². The second kappa shape index (κ2) is 7.96. The maximum atomic E-state index is 12.6. The van der Waals surface area contributed by atoms with Crippen LogP contribution >= 0.6 is 22.7 Å². The van der Waals surface area contributed by atoms with Gasteiger partial charge in [-0.15, -0.1) is 11.3 Å². The summed E-state index contributed by atoms with van der Waals surface area (Å²) in [4.78, 5) is 33.5. The van der Waals surface area contributed by atoms with Crippen molar-refractivity contribution in [3.63, 3.8) is 0 Å². The Morgan fingerprint density at radius 1 is 1.23 bits per heavy atom. The minimum absolute atomic E-state index is 0.0361. The normalized spacial score (nSPS) is 15.7. The molecule has 0 radical (unpaired) electrons. The maximum absolute atomic E-state index is 12.6. The van der Waals surface area contributed by atoms with E-state index in [1.165, 1.54) is 16.9 Å². The number of thiazole rings is 1. The predicted molar refractivity (Wildman–Crippen MR) is 122 cm³/mol. The van der Waals surface area contributed by atoms with E-state index in [9.17, 15) is 9.59 Å². The van der Waals surface area contributed by atoms with Gasteiger partial charge in [-0.25, -0.2) is 4.98 Å². The summed E-state index contributed by atoms with van der Waals surface area (Å²) in [6.07, 6.45) is 4.43. The molecule has 1 aliphatic heterocycles. The smallest absolute Gasteiger partial charge is 0.232 e. The molecule has 0 saturated heterocycles. The lowest BCUT2D eigenvalue weighted by molar-refractivity contribution is -0.120. The van der Waals surface area contributed by atoms with Gasteiger partial charge in [-0.1, -0.05) is 6.07 Å². The van der Waals surface area contributed by atoms with Gasteiger partial charge in [0.15, 0.2) is 5.13 Å². The van der Waals surface area contributed by atoms with Crippen LogP contribution in [0.2, 0.25) is 0 Å². The number of aromatic nitrogens is 1. The third kappa shape index (κ3) is 3.79. The van der Waals surface area contributed by atoms with E-state index in [4.69, 9.17) is 4.98 Å². The van der Waals surface area contributed by atoms with Gasteiger partial charge in [0.1, 0.15) is 0 Å². The van der Waals surface area contributed by atoms with E-state index in [-0.39, 0.29) is 17.7 Å². The molecule has 0 bridgehead atoms. The molecule has 5 nitrogen and oxygen atoms in total. The first-order valence-electron chi connectivity index (χ1n) is 10.3. The van der Waals surface area contributed by atoms with E-state index >= 15 is 0 Å². The van der Waals surface area contributed by atoms with Crippen molar-refractivity contribution in [3.05, 3.63) is 51.5 Å². The fraction of sp³-hybridized carbons (Fsp3) is 0.348. The van der Waals surface area contributed by atoms with Crippen LogP contribution in [-0.2, 0) is 22.4 Å². The Hall–Kier alpha value is -2.51. The Bertz CT molecular complexity index is 1090. The van der Waals surface area contributed by atoms with Crippen LogP contribution in [0.15, 0.2) is 40.4 Å². The largest absolute Gasteiger partial charge is 0.312 e. The number of aryl methyl sites for hydroxylation is 1. The second-order valence-electron chi connectivity index (χ2n) is 7.99. The zero-order valence-electron chi connectivity index (χ0n) is 16.8. The molecule has 0 unspecified atom stereocenters. The Balaban J connectivity index is 1.35. The summed E-state index contributed by atoms with van der Waals surface area (Å²) >= 11 is 3.08. The molecule has 1 aliphatic carbocycles. The molecule has 3 aromatic rings. The minimum atomic E-state index is 0.0361. The zero-order chi connectivity index (χ0) is 20.7. The number of fused-ring (bicyclic) bond motifs is 1. The summed E-state index contributed by atoms with van der Waals surface area (Å²) in [5.74, 6) is 0.554. The van der Waals surface area contributed by atoms with Crippen molar-refractivity contribution in [2.45, 2.75) is 32.1 Å². The average molecular weight is 438 g/mol. The highest BCUT2D eigenvalue weighted by Crippen LogP contribution is 2.37. The number of rotatable bonds is 5. The van der Waals surface area contributed by atoms with Crippen molar-refractivity contribution in [1.29, 1.82) is 0 Å². The Kier molecular flexibility index (Phi) is 5.16. The highest BCUT2D eigenvalue weighted by molar-refractivity contribution is 7.14. The van der Waals surface area contributed by atoms with Crippen LogP contribution in [0.3, 0.4) is 0 Å². The predicted octanol–water partition coefficient (Wildman–Crippen LogP) is 4.77. The van der Waals surface area contributed by atoms with Gasteiger partial charge in [0.25, 0.3) is 0 Å². The number of carbonyl (C=O) groups is 2. The van der Waals surface area contributed by atoms with Gasteiger partial charge in [-0.2, -0.15) is 11.3 Å². The van der Waals surface area contributed by atoms with E-state index < -0.39 is 0 Å². The zero-order valence-corrected chi connectivity index (χ0v) is 18.5. The number of amides is 2. The van der Waals surface area contributed by atoms with Crippen LogP contribution in [0, 0.1) is 5.92 Å². The number of likely N-dealkylation sites (N-methyl/N-ethyl adjacent to an activating group) is 1. The number of anilines is 2. The first-order chi connectivity index (χ1) is 14.6. The van der Waals surface area contributed by atoms with Gasteiger partial charge in [0.05, 0.1) is 12.1 Å². The SMILES string of the molecule is CN(C(=O)Cc1ccsc1)c1nc(-c2ccc3c(c2)CCCN3C(=O)C2CC2)cs1. The van der Waals surface area contributed by atoms with E-state index in [2.05, 4.69) is 12.1 Å². The van der Waals surface area contributed by atoms with Crippen LogP contribution in [-0.4, -0.2) is 30.4 Å². The number of hydrogen-bond donors (Lipinski definition) is 0. The van der Waals surface area contributed by atoms with Gasteiger partial charge in [0, 0.05) is 36.1 Å². The molecule has 7 heteroatoms. The van der Waals surface area contributed by atoms with Gasteiger partial charge in [0.2, 0.25) is 11.8 Å². The third-order valence-corrected chi connectivity index (χ3v) is 7.42. The fourth-order valence-corrected chi connectivity index (χ4v) is 5.37. The van der Waals surface area contributed by atoms with Crippen LogP contribution < -0.4 is 9.80 Å². The number of nitrogens with zero attached hydrogens (tertiary/aromatic N) is 3. The molecule has 30 heavy (non-hydrogen) atoms. The highest BCUT2D eigenvalue weighted by atomic mass is 32.1. The van der Waals surface area contributed by atoms with E-state index in [1.807, 2.05) is 33.2 Å². The van der Waals surface area contributed by atoms with Crippen LogP contribution in [0.5, 0.6) is 0 Å². The lowest BCUT2D eigenvalue weighted by Gasteiger charge is -2.30. The monoisotopic (exact) mass is 437 g/mol. The minimum Gasteiger partial charge on any atom is -0.312 e. The topological polar surface area (TPSA) is 53.5 Å². The molecule has 2 aliphatic rings. The molecule has 0 atom stereocenters. The van der Waals surface area contributed by atoms with Crippen molar-refractivity contribution >= 4 is 45.3 Å². The highest BCUT2D eigenvalue weighted by Gasteiger charge is 2.35. The van der Waals surface area contributed by atoms with E-state index in [1.54, 1.807) is 23.3 Å². The van der Waals surface area contributed by atoms with Crippen LogP contribution in [0.4, 0.5) is 10.8 Å². The van der Waals surface area contributed by atoms with Gasteiger partial charge < -0.3 is 4.90 Å². The maximum Gasteiger partial charge on any atom is 0.232 e.